The molecule has 0 spiro atoms. The number of halogens is 2. The number of benzene rings is 1. The first-order valence-electron chi connectivity index (χ1n) is 3.79. The molecule has 2 N–H and O–H groups in total. The molecular weight excluding hydrogens is 209 g/mol. The molecule has 0 unspecified atom stereocenters. The smallest absolute Gasteiger partial charge is 0.353 e. The molecule has 0 amide bonds. The predicted octanol–water partition coefficient (Wildman–Crippen LogP) is 2.66. The van der Waals surface area contributed by atoms with Crippen LogP contribution in [0.5, 0.6) is 0 Å². The van der Waals surface area contributed by atoms with Crippen LogP contribution < -0.4 is 0 Å². The molecule has 0 saturated heterocycles. The van der Waals surface area contributed by atoms with Crippen LogP contribution in [-0.2, 0) is 0 Å². The van der Waals surface area contributed by atoms with Crippen molar-refractivity contribution in [2.75, 3.05) is 0 Å². The maximum Gasteiger partial charge on any atom is 0.353 e. The van der Waals surface area contributed by atoms with Crippen molar-refractivity contribution in [1.29, 1.82) is 0 Å². The minimum absolute atomic E-state index is 0.104. The Morgan fingerprint density at radius 2 is 2.21 bits per heavy atom. The first kappa shape index (κ1) is 9.02. The molecule has 72 valence electrons. The second-order valence-corrected chi connectivity index (χ2v) is 3.19. The highest BCUT2D eigenvalue weighted by molar-refractivity contribution is 6.38. The van der Waals surface area contributed by atoms with Gasteiger partial charge in [0.2, 0.25) is 0 Å². The Hall–Kier alpha value is -1.55. The van der Waals surface area contributed by atoms with E-state index in [1.165, 1.54) is 18.2 Å². The molecule has 1 aromatic heterocycles. The normalized spacial score (nSPS) is 10.7. The molecule has 0 bridgehead atoms. The molecule has 5 heteroatoms. The van der Waals surface area contributed by atoms with Gasteiger partial charge in [0.25, 0.3) is 0 Å². The van der Waals surface area contributed by atoms with Gasteiger partial charge in [0.05, 0.1) is 10.5 Å². The van der Waals surface area contributed by atoms with Gasteiger partial charge in [0.15, 0.2) is 0 Å². The van der Waals surface area contributed by atoms with Crippen molar-refractivity contribution in [1.82, 2.24) is 4.98 Å². The van der Waals surface area contributed by atoms with E-state index in [9.17, 15) is 9.18 Å². The van der Waals surface area contributed by atoms with Crippen LogP contribution in [0.1, 0.15) is 10.5 Å². The SMILES string of the molecule is O=C(O)c1[nH]c2cc(F)ccc2c1Cl. The van der Waals surface area contributed by atoms with Gasteiger partial charge in [0, 0.05) is 5.39 Å². The standard InChI is InChI=1S/C9H5ClFNO2/c10-7-5-2-1-4(11)3-6(5)12-8(7)9(13)14/h1-3,12H,(H,13,14). The summed E-state index contributed by atoms with van der Waals surface area (Å²) in [7, 11) is 0. The van der Waals surface area contributed by atoms with Crippen LogP contribution in [-0.4, -0.2) is 16.1 Å². The number of H-pyrrole nitrogens is 1. The molecule has 1 heterocycles. The number of carboxylic acid groups (broad SMARTS) is 1. The summed E-state index contributed by atoms with van der Waals surface area (Å²) < 4.78 is 12.8. The lowest BCUT2D eigenvalue weighted by Crippen LogP contribution is -1.96. The van der Waals surface area contributed by atoms with Crippen LogP contribution in [0, 0.1) is 5.82 Å². The zero-order chi connectivity index (χ0) is 10.3. The summed E-state index contributed by atoms with van der Waals surface area (Å²) in [5, 5.41) is 9.34. The third-order valence-corrected chi connectivity index (χ3v) is 2.30. The zero-order valence-corrected chi connectivity index (χ0v) is 7.60. The molecule has 3 nitrogen and oxygen atoms in total. The van der Waals surface area contributed by atoms with Gasteiger partial charge in [-0.25, -0.2) is 9.18 Å². The third-order valence-electron chi connectivity index (χ3n) is 1.91. The fourth-order valence-electron chi connectivity index (χ4n) is 1.28. The average Bonchev–Trinajstić information content (AvgIpc) is 2.43. The second kappa shape index (κ2) is 2.99. The van der Waals surface area contributed by atoms with E-state index in [4.69, 9.17) is 16.7 Å². The van der Waals surface area contributed by atoms with Crippen LogP contribution in [0.15, 0.2) is 18.2 Å². The molecule has 0 fully saturated rings. The minimum Gasteiger partial charge on any atom is -0.477 e. The number of nitrogens with one attached hydrogen (secondary N) is 1. The Morgan fingerprint density at radius 3 is 2.86 bits per heavy atom. The second-order valence-electron chi connectivity index (χ2n) is 2.81. The lowest BCUT2D eigenvalue weighted by atomic mass is 10.2. The van der Waals surface area contributed by atoms with Crippen LogP contribution in [0.4, 0.5) is 4.39 Å². The van der Waals surface area contributed by atoms with E-state index in [1.807, 2.05) is 0 Å². The number of hydrogen-bond donors (Lipinski definition) is 2. The monoisotopic (exact) mass is 213 g/mol. The molecule has 0 saturated carbocycles. The molecule has 0 aliphatic rings. The van der Waals surface area contributed by atoms with Gasteiger partial charge in [0.1, 0.15) is 11.5 Å². The first-order valence-corrected chi connectivity index (χ1v) is 4.17. The van der Waals surface area contributed by atoms with Crippen LogP contribution in [0.2, 0.25) is 5.02 Å². The maximum absolute atomic E-state index is 12.8. The van der Waals surface area contributed by atoms with E-state index >= 15 is 0 Å². The summed E-state index contributed by atoms with van der Waals surface area (Å²) in [6, 6.07) is 3.87. The number of aromatic amines is 1. The Kier molecular flexibility index (Phi) is 1.93. The molecule has 0 aliphatic carbocycles. The number of carboxylic acids is 1. The fourth-order valence-corrected chi connectivity index (χ4v) is 1.58. The van der Waals surface area contributed by atoms with Gasteiger partial charge >= 0.3 is 5.97 Å². The predicted molar refractivity (Wildman–Crippen MR) is 50.2 cm³/mol. The number of fused-ring (bicyclic) bond motifs is 1. The Balaban J connectivity index is 2.79. The van der Waals surface area contributed by atoms with Crippen molar-refractivity contribution in [3.8, 4) is 0 Å². The summed E-state index contributed by atoms with van der Waals surface area (Å²) in [5.74, 6) is -1.60. The van der Waals surface area contributed by atoms with Crippen molar-refractivity contribution >= 4 is 28.5 Å². The van der Waals surface area contributed by atoms with Crippen LogP contribution >= 0.6 is 11.6 Å². The summed E-state index contributed by atoms with van der Waals surface area (Å²) in [5.41, 5.74) is 0.264. The van der Waals surface area contributed by atoms with Crippen molar-refractivity contribution in [3.63, 3.8) is 0 Å². The van der Waals surface area contributed by atoms with E-state index in [0.29, 0.717) is 10.9 Å². The molecular formula is C9H5ClFNO2. The highest BCUT2D eigenvalue weighted by atomic mass is 35.5. The summed E-state index contributed by atoms with van der Waals surface area (Å²) in [6.45, 7) is 0. The third kappa shape index (κ3) is 1.24. The van der Waals surface area contributed by atoms with E-state index in [0.717, 1.165) is 0 Å². The molecule has 0 radical (unpaired) electrons. The van der Waals surface area contributed by atoms with Gasteiger partial charge in [-0.15, -0.1) is 0 Å². The first-order chi connectivity index (χ1) is 6.59. The van der Waals surface area contributed by atoms with Crippen molar-refractivity contribution < 1.29 is 14.3 Å². The summed E-state index contributed by atoms with van der Waals surface area (Å²) >= 11 is 5.77. The number of aromatic carboxylic acids is 1. The fraction of sp³-hybridized carbons (Fsp3) is 0. The van der Waals surface area contributed by atoms with Gasteiger partial charge in [-0.2, -0.15) is 0 Å². The quantitative estimate of drug-likeness (QED) is 0.765. The lowest BCUT2D eigenvalue weighted by molar-refractivity contribution is 0.0691. The summed E-state index contributed by atoms with van der Waals surface area (Å²) in [6.07, 6.45) is 0. The van der Waals surface area contributed by atoms with Crippen LogP contribution in [0.25, 0.3) is 10.9 Å². The van der Waals surface area contributed by atoms with Crippen molar-refractivity contribution in [3.05, 3.63) is 34.7 Å². The molecule has 2 aromatic rings. The van der Waals surface area contributed by atoms with Gasteiger partial charge < -0.3 is 10.1 Å². The largest absolute Gasteiger partial charge is 0.477 e. The molecule has 0 aliphatic heterocycles. The Morgan fingerprint density at radius 1 is 1.50 bits per heavy atom. The Labute approximate surface area is 83.1 Å². The Bertz CT molecular complexity index is 521. The average molecular weight is 214 g/mol. The summed E-state index contributed by atoms with van der Waals surface area (Å²) in [4.78, 5) is 13.2. The zero-order valence-electron chi connectivity index (χ0n) is 6.84. The highest BCUT2D eigenvalue weighted by Gasteiger charge is 2.15. The van der Waals surface area contributed by atoms with Gasteiger partial charge in [-0.1, -0.05) is 11.6 Å². The lowest BCUT2D eigenvalue weighted by Gasteiger charge is -1.89. The van der Waals surface area contributed by atoms with Gasteiger partial charge in [-0.3, -0.25) is 0 Å². The molecule has 14 heavy (non-hydrogen) atoms. The van der Waals surface area contributed by atoms with E-state index in [2.05, 4.69) is 4.98 Å². The minimum atomic E-state index is -1.16. The number of hydrogen-bond acceptors (Lipinski definition) is 1. The van der Waals surface area contributed by atoms with Crippen molar-refractivity contribution in [2.45, 2.75) is 0 Å². The van der Waals surface area contributed by atoms with E-state index < -0.39 is 11.8 Å². The van der Waals surface area contributed by atoms with Gasteiger partial charge in [-0.05, 0) is 18.2 Å². The number of rotatable bonds is 1. The van der Waals surface area contributed by atoms with E-state index in [1.54, 1.807) is 0 Å². The number of aromatic nitrogens is 1. The van der Waals surface area contributed by atoms with Crippen LogP contribution in [0.3, 0.4) is 0 Å². The van der Waals surface area contributed by atoms with E-state index in [-0.39, 0.29) is 10.7 Å². The highest BCUT2D eigenvalue weighted by Crippen LogP contribution is 2.27. The number of carbonyl (C=O) groups is 1. The molecule has 0 atom stereocenters. The van der Waals surface area contributed by atoms with Crippen molar-refractivity contribution in [2.24, 2.45) is 0 Å². The molecule has 1 aromatic carbocycles. The topological polar surface area (TPSA) is 53.1 Å². The maximum atomic E-state index is 12.8. The molecule has 2 rings (SSSR count).